The van der Waals surface area contributed by atoms with E-state index in [0.717, 1.165) is 33.9 Å². The molecule has 2 aliphatic rings. The van der Waals surface area contributed by atoms with Gasteiger partial charge in [0.2, 0.25) is 0 Å². The van der Waals surface area contributed by atoms with Gasteiger partial charge in [-0.1, -0.05) is 48.6 Å². The van der Waals surface area contributed by atoms with Crippen molar-refractivity contribution in [3.8, 4) is 0 Å². The average molecular weight is 262 g/mol. The highest BCUT2D eigenvalue weighted by molar-refractivity contribution is 6.04. The first kappa shape index (κ1) is 11.6. The summed E-state index contributed by atoms with van der Waals surface area (Å²) < 4.78 is 0. The molecule has 4 rings (SSSR count). The number of Topliss-reactive ketones (excluding diaryl/α,β-unsaturated/α-hetero) is 1. The number of aliphatic hydroxyl groups is 1. The Labute approximate surface area is 117 Å². The van der Waals surface area contributed by atoms with Crippen LogP contribution in [0.1, 0.15) is 29.6 Å². The Morgan fingerprint density at radius 3 is 2.50 bits per heavy atom. The van der Waals surface area contributed by atoms with Gasteiger partial charge in [0.05, 0.1) is 0 Å². The zero-order valence-electron chi connectivity index (χ0n) is 10.9. The minimum absolute atomic E-state index is 0.0931. The van der Waals surface area contributed by atoms with Gasteiger partial charge in [-0.05, 0) is 34.4 Å². The van der Waals surface area contributed by atoms with Crippen molar-refractivity contribution in [2.45, 2.75) is 18.4 Å². The average Bonchev–Trinajstić information content (AvgIpc) is 2.51. The summed E-state index contributed by atoms with van der Waals surface area (Å²) in [6, 6.07) is 12.1. The second-order valence-corrected chi connectivity index (χ2v) is 5.43. The highest BCUT2D eigenvalue weighted by Gasteiger charge is 2.36. The highest BCUT2D eigenvalue weighted by atomic mass is 16.3. The van der Waals surface area contributed by atoms with E-state index in [9.17, 15) is 9.90 Å². The standard InChI is InChI=1S/C18H14O2/c19-17-14-8-4-3-7-13(14)15-9-11-5-1-2-6-12(11)10-16(15)18(17)20/h1-6,8-10,13,18,20H,7H2. The van der Waals surface area contributed by atoms with E-state index in [0.29, 0.717) is 0 Å². The zero-order chi connectivity index (χ0) is 13.7. The summed E-state index contributed by atoms with van der Waals surface area (Å²) in [5.74, 6) is -0.0577. The largest absolute Gasteiger partial charge is 0.380 e. The lowest BCUT2D eigenvalue weighted by molar-refractivity contribution is -0.124. The maximum absolute atomic E-state index is 12.3. The number of carbonyl (C=O) groups is 1. The van der Waals surface area contributed by atoms with Crippen LogP contribution >= 0.6 is 0 Å². The fraction of sp³-hybridized carbons (Fsp3) is 0.167. The number of hydrogen-bond acceptors (Lipinski definition) is 2. The molecule has 2 aromatic rings. The molecule has 2 aliphatic carbocycles. The van der Waals surface area contributed by atoms with E-state index in [2.05, 4.69) is 18.2 Å². The lowest BCUT2D eigenvalue weighted by Gasteiger charge is -2.31. The number of hydrogen-bond donors (Lipinski definition) is 1. The van der Waals surface area contributed by atoms with Crippen molar-refractivity contribution in [3.05, 3.63) is 71.3 Å². The highest BCUT2D eigenvalue weighted by Crippen LogP contribution is 2.43. The second-order valence-electron chi connectivity index (χ2n) is 5.43. The third-order valence-corrected chi connectivity index (χ3v) is 4.31. The van der Waals surface area contributed by atoms with E-state index in [1.807, 2.05) is 36.4 Å². The number of carbonyl (C=O) groups excluding carboxylic acids is 1. The summed E-state index contributed by atoms with van der Waals surface area (Å²) in [6.45, 7) is 0. The molecule has 2 unspecified atom stereocenters. The minimum Gasteiger partial charge on any atom is -0.380 e. The van der Waals surface area contributed by atoms with Gasteiger partial charge in [-0.15, -0.1) is 0 Å². The van der Waals surface area contributed by atoms with E-state index in [4.69, 9.17) is 0 Å². The summed E-state index contributed by atoms with van der Waals surface area (Å²) in [6.07, 6.45) is 5.64. The zero-order valence-corrected chi connectivity index (χ0v) is 10.9. The van der Waals surface area contributed by atoms with Gasteiger partial charge >= 0.3 is 0 Å². The van der Waals surface area contributed by atoms with Crippen LogP contribution in [0.15, 0.2) is 60.2 Å². The summed E-state index contributed by atoms with van der Waals surface area (Å²) in [4.78, 5) is 12.3. The second kappa shape index (κ2) is 4.15. The quantitative estimate of drug-likeness (QED) is 0.789. The van der Waals surface area contributed by atoms with E-state index in [1.165, 1.54) is 0 Å². The predicted molar refractivity (Wildman–Crippen MR) is 78.5 cm³/mol. The van der Waals surface area contributed by atoms with Crippen molar-refractivity contribution in [1.29, 1.82) is 0 Å². The molecule has 2 nitrogen and oxygen atoms in total. The monoisotopic (exact) mass is 262 g/mol. The Bertz CT molecular complexity index is 783. The number of fused-ring (bicyclic) bond motifs is 4. The minimum atomic E-state index is -1.02. The number of aliphatic hydroxyl groups excluding tert-OH is 1. The molecule has 1 N–H and O–H groups in total. The third kappa shape index (κ3) is 1.52. The van der Waals surface area contributed by atoms with Crippen LogP contribution in [0.2, 0.25) is 0 Å². The number of rotatable bonds is 0. The number of ketones is 1. The van der Waals surface area contributed by atoms with E-state index in [-0.39, 0.29) is 11.7 Å². The van der Waals surface area contributed by atoms with Crippen LogP contribution < -0.4 is 0 Å². The Morgan fingerprint density at radius 2 is 1.75 bits per heavy atom. The molecule has 0 amide bonds. The van der Waals surface area contributed by atoms with E-state index >= 15 is 0 Å². The van der Waals surface area contributed by atoms with Gasteiger partial charge in [0.1, 0.15) is 6.10 Å². The fourth-order valence-electron chi connectivity index (χ4n) is 3.29. The van der Waals surface area contributed by atoms with Crippen LogP contribution in [0.5, 0.6) is 0 Å². The smallest absolute Gasteiger partial charge is 0.192 e. The van der Waals surface area contributed by atoms with Crippen LogP contribution in [0.25, 0.3) is 10.8 Å². The molecule has 0 heterocycles. The van der Waals surface area contributed by atoms with Crippen LogP contribution in [0.4, 0.5) is 0 Å². The van der Waals surface area contributed by atoms with Crippen molar-refractivity contribution in [1.82, 2.24) is 0 Å². The molecule has 0 bridgehead atoms. The van der Waals surface area contributed by atoms with Crippen molar-refractivity contribution >= 4 is 16.6 Å². The molecule has 0 radical (unpaired) electrons. The maximum Gasteiger partial charge on any atom is 0.192 e. The van der Waals surface area contributed by atoms with Gasteiger partial charge in [-0.3, -0.25) is 4.79 Å². The van der Waals surface area contributed by atoms with Gasteiger partial charge < -0.3 is 5.11 Å². The fourth-order valence-corrected chi connectivity index (χ4v) is 3.29. The van der Waals surface area contributed by atoms with E-state index in [1.54, 1.807) is 0 Å². The topological polar surface area (TPSA) is 37.3 Å². The van der Waals surface area contributed by atoms with Gasteiger partial charge in [0.25, 0.3) is 0 Å². The molecular formula is C18H14O2. The molecule has 0 aromatic heterocycles. The number of allylic oxidation sites excluding steroid dienone is 3. The molecule has 0 saturated carbocycles. The Hall–Kier alpha value is -2.19. The first-order valence-electron chi connectivity index (χ1n) is 6.87. The summed E-state index contributed by atoms with van der Waals surface area (Å²) in [5, 5.41) is 12.5. The summed E-state index contributed by atoms with van der Waals surface area (Å²) in [7, 11) is 0. The normalized spacial score (nSPS) is 24.2. The van der Waals surface area contributed by atoms with Crippen molar-refractivity contribution < 1.29 is 9.90 Å². The number of benzene rings is 2. The first-order valence-corrected chi connectivity index (χ1v) is 6.87. The molecule has 2 aromatic carbocycles. The molecule has 2 heteroatoms. The molecule has 2 atom stereocenters. The van der Waals surface area contributed by atoms with Crippen molar-refractivity contribution in [2.75, 3.05) is 0 Å². The Kier molecular flexibility index (Phi) is 2.41. The summed E-state index contributed by atoms with van der Waals surface area (Å²) >= 11 is 0. The third-order valence-electron chi connectivity index (χ3n) is 4.31. The Morgan fingerprint density at radius 1 is 1.05 bits per heavy atom. The molecule has 0 saturated heterocycles. The lowest BCUT2D eigenvalue weighted by Crippen LogP contribution is -2.27. The Balaban J connectivity index is 2.02. The summed E-state index contributed by atoms with van der Waals surface area (Å²) in [5.41, 5.74) is 2.60. The van der Waals surface area contributed by atoms with Gasteiger partial charge in [0, 0.05) is 11.5 Å². The molecular weight excluding hydrogens is 248 g/mol. The van der Waals surface area contributed by atoms with Crippen LogP contribution in [-0.2, 0) is 4.79 Å². The molecule has 98 valence electrons. The molecule has 0 fully saturated rings. The van der Waals surface area contributed by atoms with Crippen molar-refractivity contribution in [3.63, 3.8) is 0 Å². The predicted octanol–water partition coefficient (Wildman–Crippen LogP) is 3.43. The van der Waals surface area contributed by atoms with Gasteiger partial charge in [-0.2, -0.15) is 0 Å². The maximum atomic E-state index is 12.3. The molecule has 0 aliphatic heterocycles. The van der Waals surface area contributed by atoms with Crippen LogP contribution in [-0.4, -0.2) is 10.9 Å². The molecule has 20 heavy (non-hydrogen) atoms. The van der Waals surface area contributed by atoms with Gasteiger partial charge in [0.15, 0.2) is 5.78 Å². The van der Waals surface area contributed by atoms with Crippen LogP contribution in [0.3, 0.4) is 0 Å². The lowest BCUT2D eigenvalue weighted by atomic mass is 9.73. The van der Waals surface area contributed by atoms with Crippen LogP contribution in [0, 0.1) is 0 Å². The van der Waals surface area contributed by atoms with Gasteiger partial charge in [-0.25, -0.2) is 0 Å². The van der Waals surface area contributed by atoms with Crippen molar-refractivity contribution in [2.24, 2.45) is 0 Å². The SMILES string of the molecule is O=C1C2=CC=CCC2c2cc3ccccc3cc2C1O. The first-order chi connectivity index (χ1) is 9.75. The molecule has 0 spiro atoms. The van der Waals surface area contributed by atoms with E-state index < -0.39 is 6.10 Å².